The Morgan fingerprint density at radius 3 is 2.79 bits per heavy atom. The van der Waals surface area contributed by atoms with Crippen LogP contribution >= 0.6 is 22.9 Å². The van der Waals surface area contributed by atoms with Gasteiger partial charge in [0.15, 0.2) is 5.13 Å². The number of hydrogen-bond donors (Lipinski definition) is 1. The van der Waals surface area contributed by atoms with E-state index < -0.39 is 0 Å². The fourth-order valence-electron chi connectivity index (χ4n) is 1.71. The third-order valence-corrected chi connectivity index (χ3v) is 4.31. The molecule has 1 aliphatic rings. The maximum Gasteiger partial charge on any atom is 0.184 e. The van der Waals surface area contributed by atoms with Crippen molar-refractivity contribution in [2.45, 2.75) is 26.7 Å². The molecule has 0 atom stereocenters. The van der Waals surface area contributed by atoms with E-state index in [4.69, 9.17) is 11.6 Å². The van der Waals surface area contributed by atoms with Gasteiger partial charge in [0, 0.05) is 11.9 Å². The first-order chi connectivity index (χ1) is 6.62. The van der Waals surface area contributed by atoms with Gasteiger partial charge in [-0.25, -0.2) is 4.98 Å². The van der Waals surface area contributed by atoms with Crippen molar-refractivity contribution in [3.05, 3.63) is 10.5 Å². The van der Waals surface area contributed by atoms with E-state index in [1.54, 1.807) is 11.3 Å². The molecule has 4 heteroatoms. The predicted octanol–water partition coefficient (Wildman–Crippen LogP) is 3.64. The van der Waals surface area contributed by atoms with Crippen LogP contribution < -0.4 is 5.32 Å². The molecule has 1 fully saturated rings. The minimum atomic E-state index is 0.526. The Labute approximate surface area is 93.7 Å². The summed E-state index contributed by atoms with van der Waals surface area (Å²) in [6.07, 6.45) is 2.69. The molecule has 0 unspecified atom stereocenters. The van der Waals surface area contributed by atoms with Gasteiger partial charge in [0.2, 0.25) is 0 Å². The second-order valence-corrected chi connectivity index (χ2v) is 5.59. The highest BCUT2D eigenvalue weighted by atomic mass is 35.5. The normalized spacial score (nSPS) is 18.6. The van der Waals surface area contributed by atoms with Gasteiger partial charge in [0.1, 0.15) is 5.15 Å². The van der Waals surface area contributed by atoms with Crippen LogP contribution in [0.25, 0.3) is 0 Å². The number of nitrogens with one attached hydrogen (secondary N) is 1. The van der Waals surface area contributed by atoms with Gasteiger partial charge in [-0.3, -0.25) is 0 Å². The molecule has 1 aromatic rings. The minimum Gasteiger partial charge on any atom is -0.361 e. The van der Waals surface area contributed by atoms with E-state index in [2.05, 4.69) is 24.1 Å². The van der Waals surface area contributed by atoms with E-state index in [0.717, 1.165) is 17.6 Å². The van der Waals surface area contributed by atoms with Crippen LogP contribution in [0.15, 0.2) is 5.38 Å². The monoisotopic (exact) mass is 230 g/mol. The predicted molar refractivity (Wildman–Crippen MR) is 62.1 cm³/mol. The summed E-state index contributed by atoms with van der Waals surface area (Å²) >= 11 is 7.32. The average Bonchev–Trinajstić information content (AvgIpc) is 2.82. The van der Waals surface area contributed by atoms with Gasteiger partial charge in [0.05, 0.1) is 0 Å². The first-order valence-electron chi connectivity index (χ1n) is 4.97. The largest absolute Gasteiger partial charge is 0.361 e. The lowest BCUT2D eigenvalue weighted by Crippen LogP contribution is -2.20. The molecule has 0 bridgehead atoms. The number of nitrogens with zero attached hydrogens (tertiary/aromatic N) is 1. The van der Waals surface area contributed by atoms with E-state index in [9.17, 15) is 0 Å². The fraction of sp³-hybridized carbons (Fsp3) is 0.700. The van der Waals surface area contributed by atoms with Crippen molar-refractivity contribution in [2.75, 3.05) is 11.9 Å². The zero-order valence-electron chi connectivity index (χ0n) is 8.51. The quantitative estimate of drug-likeness (QED) is 0.854. The molecule has 14 heavy (non-hydrogen) atoms. The molecule has 1 saturated carbocycles. The molecule has 0 radical (unpaired) electrons. The van der Waals surface area contributed by atoms with Gasteiger partial charge in [0.25, 0.3) is 0 Å². The van der Waals surface area contributed by atoms with Crippen molar-refractivity contribution in [3.63, 3.8) is 0 Å². The van der Waals surface area contributed by atoms with Gasteiger partial charge in [-0.2, -0.15) is 0 Å². The Balaban J connectivity index is 1.89. The highest BCUT2D eigenvalue weighted by Crippen LogP contribution is 2.51. The topological polar surface area (TPSA) is 24.9 Å². The van der Waals surface area contributed by atoms with Crippen molar-refractivity contribution >= 4 is 28.1 Å². The van der Waals surface area contributed by atoms with Crippen molar-refractivity contribution in [2.24, 2.45) is 11.3 Å². The lowest BCUT2D eigenvalue weighted by atomic mass is 9.92. The standard InChI is InChI=1S/C10H15ClN2S/c1-7(2)10(3-4-10)6-12-9-13-8(11)5-14-9/h5,7H,3-4,6H2,1-2H3,(H,12,13). The van der Waals surface area contributed by atoms with Crippen molar-refractivity contribution in [1.82, 2.24) is 4.98 Å². The third-order valence-electron chi connectivity index (χ3n) is 3.18. The van der Waals surface area contributed by atoms with E-state index in [1.165, 1.54) is 12.8 Å². The highest BCUT2D eigenvalue weighted by Gasteiger charge is 2.44. The van der Waals surface area contributed by atoms with Crippen LogP contribution in [0, 0.1) is 11.3 Å². The summed E-state index contributed by atoms with van der Waals surface area (Å²) in [5.41, 5.74) is 0.526. The second-order valence-electron chi connectivity index (χ2n) is 4.35. The first kappa shape index (κ1) is 10.2. The van der Waals surface area contributed by atoms with E-state index in [1.807, 2.05) is 5.38 Å². The SMILES string of the molecule is CC(C)C1(CNc2nc(Cl)cs2)CC1. The molecule has 0 saturated heterocycles. The number of halogens is 1. The molecule has 0 spiro atoms. The molecule has 2 rings (SSSR count). The summed E-state index contributed by atoms with van der Waals surface area (Å²) in [6, 6.07) is 0. The maximum atomic E-state index is 5.75. The van der Waals surface area contributed by atoms with E-state index in [0.29, 0.717) is 10.6 Å². The van der Waals surface area contributed by atoms with Crippen LogP contribution in [0.3, 0.4) is 0 Å². The molecule has 0 aromatic carbocycles. The third kappa shape index (κ3) is 2.04. The van der Waals surface area contributed by atoms with Crippen LogP contribution in [-0.4, -0.2) is 11.5 Å². The number of anilines is 1. The molecule has 1 N–H and O–H groups in total. The van der Waals surface area contributed by atoms with Gasteiger partial charge in [-0.15, -0.1) is 11.3 Å². The number of hydrogen-bond acceptors (Lipinski definition) is 3. The molecular weight excluding hydrogens is 216 g/mol. The average molecular weight is 231 g/mol. The Morgan fingerprint density at radius 2 is 2.36 bits per heavy atom. The van der Waals surface area contributed by atoms with Crippen LogP contribution in [0.2, 0.25) is 5.15 Å². The van der Waals surface area contributed by atoms with E-state index in [-0.39, 0.29) is 0 Å². The number of aromatic nitrogens is 1. The maximum absolute atomic E-state index is 5.75. The van der Waals surface area contributed by atoms with Gasteiger partial charge in [-0.05, 0) is 24.2 Å². The Kier molecular flexibility index (Phi) is 2.71. The van der Waals surface area contributed by atoms with Gasteiger partial charge < -0.3 is 5.32 Å². The van der Waals surface area contributed by atoms with Crippen molar-refractivity contribution in [1.29, 1.82) is 0 Å². The molecule has 0 amide bonds. The highest BCUT2D eigenvalue weighted by molar-refractivity contribution is 7.14. The van der Waals surface area contributed by atoms with Gasteiger partial charge in [-0.1, -0.05) is 25.4 Å². The zero-order valence-corrected chi connectivity index (χ0v) is 10.1. The Hall–Kier alpha value is -0.280. The van der Waals surface area contributed by atoms with Crippen LogP contribution in [0.4, 0.5) is 5.13 Å². The molecule has 1 aromatic heterocycles. The summed E-state index contributed by atoms with van der Waals surface area (Å²) < 4.78 is 0. The molecule has 2 nitrogen and oxygen atoms in total. The number of rotatable bonds is 4. The first-order valence-corrected chi connectivity index (χ1v) is 6.23. The summed E-state index contributed by atoms with van der Waals surface area (Å²) in [5, 5.41) is 6.77. The number of thiazole rings is 1. The van der Waals surface area contributed by atoms with E-state index >= 15 is 0 Å². The van der Waals surface area contributed by atoms with Crippen LogP contribution in [0.1, 0.15) is 26.7 Å². The lowest BCUT2D eigenvalue weighted by Gasteiger charge is -2.19. The molecule has 0 aliphatic heterocycles. The summed E-state index contributed by atoms with van der Waals surface area (Å²) in [4.78, 5) is 4.17. The fourth-order valence-corrected chi connectivity index (χ4v) is 2.54. The molecule has 1 aliphatic carbocycles. The summed E-state index contributed by atoms with van der Waals surface area (Å²) in [5.74, 6) is 0.755. The smallest absolute Gasteiger partial charge is 0.184 e. The lowest BCUT2D eigenvalue weighted by molar-refractivity contribution is 0.380. The van der Waals surface area contributed by atoms with Gasteiger partial charge >= 0.3 is 0 Å². The second kappa shape index (κ2) is 3.70. The zero-order chi connectivity index (χ0) is 10.2. The molecule has 1 heterocycles. The Bertz CT molecular complexity index is 318. The molecule has 78 valence electrons. The summed E-state index contributed by atoms with van der Waals surface area (Å²) in [7, 11) is 0. The van der Waals surface area contributed by atoms with Crippen LogP contribution in [0.5, 0.6) is 0 Å². The Morgan fingerprint density at radius 1 is 1.64 bits per heavy atom. The van der Waals surface area contributed by atoms with Crippen molar-refractivity contribution < 1.29 is 0 Å². The minimum absolute atomic E-state index is 0.526. The summed E-state index contributed by atoms with van der Waals surface area (Å²) in [6.45, 7) is 5.63. The van der Waals surface area contributed by atoms with Crippen molar-refractivity contribution in [3.8, 4) is 0 Å². The van der Waals surface area contributed by atoms with Crippen LogP contribution in [-0.2, 0) is 0 Å². The molecular formula is C10H15ClN2S.